The summed E-state index contributed by atoms with van der Waals surface area (Å²) >= 11 is 0. The van der Waals surface area contributed by atoms with Crippen LogP contribution in [0.2, 0.25) is 0 Å². The lowest BCUT2D eigenvalue weighted by molar-refractivity contribution is 0.415. The molecular weight excluding hydrogens is 234 g/mol. The monoisotopic (exact) mass is 243 g/mol. The molecule has 0 fully saturated rings. The zero-order chi connectivity index (χ0) is 12.5. The number of benzene rings is 1. The van der Waals surface area contributed by atoms with Crippen molar-refractivity contribution in [3.63, 3.8) is 0 Å². The Morgan fingerprint density at radius 1 is 1.28 bits per heavy atom. The van der Waals surface area contributed by atoms with E-state index in [-0.39, 0.29) is 11.1 Å². The van der Waals surface area contributed by atoms with E-state index in [1.807, 2.05) is 24.3 Å². The summed E-state index contributed by atoms with van der Waals surface area (Å²) in [5.74, 6) is 0.754. The van der Waals surface area contributed by atoms with Crippen LogP contribution in [0.15, 0.2) is 39.8 Å². The number of H-pyrrole nitrogens is 1. The van der Waals surface area contributed by atoms with Gasteiger partial charge in [0.25, 0.3) is 5.56 Å². The third kappa shape index (κ3) is 1.55. The van der Waals surface area contributed by atoms with Gasteiger partial charge in [0, 0.05) is 5.56 Å². The Balaban J connectivity index is 2.21. The number of nitrogens with zero attached hydrogens (tertiary/aromatic N) is 2. The molecule has 1 N–H and O–H groups in total. The van der Waals surface area contributed by atoms with Crippen molar-refractivity contribution < 1.29 is 9.26 Å². The molecule has 0 aliphatic heterocycles. The van der Waals surface area contributed by atoms with Crippen LogP contribution in [0.3, 0.4) is 0 Å². The van der Waals surface area contributed by atoms with E-state index in [0.717, 1.165) is 11.3 Å². The van der Waals surface area contributed by atoms with Crippen molar-refractivity contribution in [3.8, 4) is 17.0 Å². The Bertz CT molecular complexity index is 743. The highest BCUT2D eigenvalue weighted by Gasteiger charge is 2.11. The Morgan fingerprint density at radius 3 is 2.78 bits per heavy atom. The predicted molar refractivity (Wildman–Crippen MR) is 64.4 cm³/mol. The molecule has 18 heavy (non-hydrogen) atoms. The quantitative estimate of drug-likeness (QED) is 0.739. The van der Waals surface area contributed by atoms with Crippen molar-refractivity contribution in [2.45, 2.75) is 0 Å². The molecule has 0 aliphatic carbocycles. The van der Waals surface area contributed by atoms with Gasteiger partial charge >= 0.3 is 0 Å². The van der Waals surface area contributed by atoms with Crippen LogP contribution in [0.5, 0.6) is 5.75 Å². The van der Waals surface area contributed by atoms with Gasteiger partial charge in [-0.2, -0.15) is 5.10 Å². The highest BCUT2D eigenvalue weighted by atomic mass is 16.5. The molecule has 6 nitrogen and oxygen atoms in total. The van der Waals surface area contributed by atoms with E-state index in [2.05, 4.69) is 15.4 Å². The van der Waals surface area contributed by atoms with Crippen LogP contribution >= 0.6 is 0 Å². The van der Waals surface area contributed by atoms with Gasteiger partial charge in [0.15, 0.2) is 5.52 Å². The van der Waals surface area contributed by atoms with Gasteiger partial charge < -0.3 is 9.26 Å². The fourth-order valence-corrected chi connectivity index (χ4v) is 1.76. The first-order valence-electron chi connectivity index (χ1n) is 5.27. The van der Waals surface area contributed by atoms with Crippen LogP contribution in [0.4, 0.5) is 0 Å². The number of nitrogens with one attached hydrogen (secondary N) is 1. The summed E-state index contributed by atoms with van der Waals surface area (Å²) in [6.45, 7) is 0. The number of ether oxygens (including phenoxy) is 1. The zero-order valence-electron chi connectivity index (χ0n) is 9.51. The first-order chi connectivity index (χ1) is 8.79. The van der Waals surface area contributed by atoms with Gasteiger partial charge in [-0.25, -0.2) is 5.10 Å². The third-order valence-corrected chi connectivity index (χ3v) is 2.67. The average Bonchev–Trinajstić information content (AvgIpc) is 2.90. The number of fused-ring (bicyclic) bond motifs is 1. The number of hydrogen-bond acceptors (Lipinski definition) is 5. The Kier molecular flexibility index (Phi) is 2.33. The molecular formula is C12H9N3O3. The lowest BCUT2D eigenvalue weighted by Crippen LogP contribution is -2.09. The molecule has 0 bridgehead atoms. The molecule has 0 amide bonds. The molecule has 90 valence electrons. The summed E-state index contributed by atoms with van der Waals surface area (Å²) in [7, 11) is 1.60. The zero-order valence-corrected chi connectivity index (χ0v) is 9.51. The minimum atomic E-state index is -0.365. The summed E-state index contributed by atoms with van der Waals surface area (Å²) in [6.07, 6.45) is 1.41. The average molecular weight is 243 g/mol. The smallest absolute Gasteiger partial charge is 0.294 e. The molecule has 6 heteroatoms. The summed E-state index contributed by atoms with van der Waals surface area (Å²) in [5.41, 5.74) is 1.35. The molecule has 0 saturated carbocycles. The van der Waals surface area contributed by atoms with Crippen LogP contribution in [0.25, 0.3) is 22.2 Å². The Morgan fingerprint density at radius 2 is 2.06 bits per heavy atom. The summed E-state index contributed by atoms with van der Waals surface area (Å²) < 4.78 is 9.91. The Hall–Kier alpha value is -2.63. The molecule has 2 heterocycles. The first-order valence-corrected chi connectivity index (χ1v) is 5.27. The number of rotatable bonds is 2. The molecule has 1 aromatic carbocycles. The molecule has 0 aliphatic rings. The van der Waals surface area contributed by atoms with Gasteiger partial charge in [-0.05, 0) is 24.3 Å². The van der Waals surface area contributed by atoms with Gasteiger partial charge in [0.2, 0.25) is 0 Å². The van der Waals surface area contributed by atoms with E-state index in [9.17, 15) is 4.79 Å². The second-order valence-electron chi connectivity index (χ2n) is 3.71. The molecule has 3 aromatic rings. The standard InChI is InChI=1S/C12H9N3O3/c1-17-8-4-2-7(3-5-8)10-9-6-18-15-11(9)12(16)14-13-10/h2-6H,1H3,(H,14,16). The largest absolute Gasteiger partial charge is 0.497 e. The molecule has 0 spiro atoms. The van der Waals surface area contributed by atoms with Gasteiger partial charge in [-0.1, -0.05) is 5.16 Å². The van der Waals surface area contributed by atoms with E-state index in [0.29, 0.717) is 11.1 Å². The third-order valence-electron chi connectivity index (χ3n) is 2.67. The van der Waals surface area contributed by atoms with Crippen LogP contribution in [-0.2, 0) is 0 Å². The SMILES string of the molecule is COc1ccc(-c2n[nH]c(=O)c3nocc23)cc1. The van der Waals surface area contributed by atoms with Crippen LogP contribution in [0, 0.1) is 0 Å². The van der Waals surface area contributed by atoms with Crippen LogP contribution < -0.4 is 10.3 Å². The van der Waals surface area contributed by atoms with E-state index in [1.165, 1.54) is 6.26 Å². The van der Waals surface area contributed by atoms with Gasteiger partial charge in [0.1, 0.15) is 17.7 Å². The maximum Gasteiger partial charge on any atom is 0.294 e. The van der Waals surface area contributed by atoms with E-state index >= 15 is 0 Å². The molecule has 0 atom stereocenters. The van der Waals surface area contributed by atoms with Crippen LogP contribution in [0.1, 0.15) is 0 Å². The summed E-state index contributed by atoms with van der Waals surface area (Å²) in [5, 5.41) is 10.7. The Labute approximate surface area is 101 Å². The molecule has 0 unspecified atom stereocenters. The topological polar surface area (TPSA) is 81.0 Å². The number of aromatic amines is 1. The van der Waals surface area contributed by atoms with Gasteiger partial charge in [0.05, 0.1) is 12.5 Å². The van der Waals surface area contributed by atoms with E-state index < -0.39 is 0 Å². The first kappa shape index (κ1) is 10.5. The van der Waals surface area contributed by atoms with E-state index in [1.54, 1.807) is 7.11 Å². The predicted octanol–water partition coefficient (Wildman–Crippen LogP) is 1.59. The molecule has 0 radical (unpaired) electrons. The second-order valence-corrected chi connectivity index (χ2v) is 3.71. The van der Waals surface area contributed by atoms with Crippen molar-refractivity contribution in [2.75, 3.05) is 7.11 Å². The maximum atomic E-state index is 11.5. The summed E-state index contributed by atoms with van der Waals surface area (Å²) in [6, 6.07) is 7.35. The van der Waals surface area contributed by atoms with Gasteiger partial charge in [-0.15, -0.1) is 0 Å². The number of methoxy groups -OCH3 is 1. The van der Waals surface area contributed by atoms with Crippen molar-refractivity contribution >= 4 is 10.9 Å². The normalized spacial score (nSPS) is 10.7. The lowest BCUT2D eigenvalue weighted by atomic mass is 10.1. The minimum Gasteiger partial charge on any atom is -0.497 e. The van der Waals surface area contributed by atoms with Crippen molar-refractivity contribution in [1.82, 2.24) is 15.4 Å². The maximum absolute atomic E-state index is 11.5. The summed E-state index contributed by atoms with van der Waals surface area (Å²) in [4.78, 5) is 11.5. The lowest BCUT2D eigenvalue weighted by Gasteiger charge is -2.02. The second kappa shape index (κ2) is 3.99. The fourth-order valence-electron chi connectivity index (χ4n) is 1.76. The number of aromatic nitrogens is 3. The molecule has 2 aromatic heterocycles. The minimum absolute atomic E-state index is 0.246. The molecule has 0 saturated heterocycles. The fraction of sp³-hybridized carbons (Fsp3) is 0.0833. The van der Waals surface area contributed by atoms with Crippen molar-refractivity contribution in [3.05, 3.63) is 40.9 Å². The number of hydrogen-bond donors (Lipinski definition) is 1. The van der Waals surface area contributed by atoms with Gasteiger partial charge in [-0.3, -0.25) is 4.79 Å². The van der Waals surface area contributed by atoms with Crippen molar-refractivity contribution in [2.24, 2.45) is 0 Å². The van der Waals surface area contributed by atoms with E-state index in [4.69, 9.17) is 9.26 Å². The van der Waals surface area contributed by atoms with Crippen LogP contribution in [-0.4, -0.2) is 22.5 Å². The highest BCUT2D eigenvalue weighted by Crippen LogP contribution is 2.25. The molecule has 3 rings (SSSR count). The highest BCUT2D eigenvalue weighted by molar-refractivity contribution is 5.90. The van der Waals surface area contributed by atoms with Crippen molar-refractivity contribution in [1.29, 1.82) is 0 Å².